The second-order valence-electron chi connectivity index (χ2n) is 6.24. The summed E-state index contributed by atoms with van der Waals surface area (Å²) in [5.74, 6) is 0.613. The lowest BCUT2D eigenvalue weighted by Gasteiger charge is -2.44. The molecule has 3 rings (SSSR count). The number of rotatable bonds is 3. The van der Waals surface area contributed by atoms with Crippen LogP contribution in [0.2, 0.25) is 0 Å². The lowest BCUT2D eigenvalue weighted by atomic mass is 9.68. The monoisotopic (exact) mass is 261 g/mol. The van der Waals surface area contributed by atoms with E-state index >= 15 is 0 Å². The molecule has 2 fully saturated rings. The molecule has 0 atom stereocenters. The van der Waals surface area contributed by atoms with Gasteiger partial charge in [0.2, 0.25) is 5.78 Å². The van der Waals surface area contributed by atoms with Gasteiger partial charge in [-0.25, -0.2) is 0 Å². The summed E-state index contributed by atoms with van der Waals surface area (Å²) in [6.45, 7) is 2.67. The fourth-order valence-corrected chi connectivity index (χ4v) is 3.71. The van der Waals surface area contributed by atoms with Crippen molar-refractivity contribution in [2.24, 2.45) is 5.41 Å². The largest absolute Gasteiger partial charge is 0.461 e. The number of carbonyl (C=O) groups excluding carboxylic acids is 1. The Morgan fingerprint density at radius 2 is 1.89 bits per heavy atom. The van der Waals surface area contributed by atoms with E-state index in [0.29, 0.717) is 17.7 Å². The molecule has 3 nitrogen and oxygen atoms in total. The van der Waals surface area contributed by atoms with Gasteiger partial charge in [0.25, 0.3) is 0 Å². The quantitative estimate of drug-likeness (QED) is 0.781. The minimum atomic E-state index is 0.115. The number of piperidine rings is 1. The van der Waals surface area contributed by atoms with Crippen molar-refractivity contribution in [2.45, 2.75) is 44.9 Å². The number of ketones is 1. The van der Waals surface area contributed by atoms with Crippen molar-refractivity contribution in [3.05, 3.63) is 24.2 Å². The van der Waals surface area contributed by atoms with Crippen LogP contribution in [-0.2, 0) is 0 Å². The molecule has 1 saturated carbocycles. The number of Topliss-reactive ketones (excluding diaryl/α,β-unsaturated/α-hetero) is 1. The van der Waals surface area contributed by atoms with E-state index in [0.717, 1.165) is 13.1 Å². The van der Waals surface area contributed by atoms with Gasteiger partial charge in [0, 0.05) is 0 Å². The van der Waals surface area contributed by atoms with Crippen molar-refractivity contribution in [3.8, 4) is 0 Å². The topological polar surface area (TPSA) is 33.5 Å². The standard InChI is InChI=1S/C16H23NO2/c18-14(15-5-4-12-19-15)13-17-10-8-16(9-11-17)6-2-1-3-7-16/h4-5,12H,1-3,6-11,13H2. The minimum Gasteiger partial charge on any atom is -0.461 e. The molecule has 3 heteroatoms. The van der Waals surface area contributed by atoms with Crippen LogP contribution < -0.4 is 0 Å². The molecule has 0 aromatic carbocycles. The van der Waals surface area contributed by atoms with E-state index in [1.54, 1.807) is 18.4 Å². The zero-order valence-corrected chi connectivity index (χ0v) is 11.6. The van der Waals surface area contributed by atoms with Gasteiger partial charge < -0.3 is 4.42 Å². The highest BCUT2D eigenvalue weighted by Gasteiger charge is 2.35. The van der Waals surface area contributed by atoms with E-state index in [1.807, 2.05) is 0 Å². The van der Waals surface area contributed by atoms with Crippen LogP contribution in [0.3, 0.4) is 0 Å². The Hall–Kier alpha value is -1.09. The first kappa shape index (κ1) is 12.9. The lowest BCUT2D eigenvalue weighted by molar-refractivity contribution is 0.0600. The number of nitrogens with zero attached hydrogens (tertiary/aromatic N) is 1. The van der Waals surface area contributed by atoms with E-state index in [1.165, 1.54) is 44.9 Å². The molecule has 104 valence electrons. The Balaban J connectivity index is 1.51. The van der Waals surface area contributed by atoms with Gasteiger partial charge >= 0.3 is 0 Å². The first-order valence-corrected chi connectivity index (χ1v) is 7.57. The van der Waals surface area contributed by atoms with E-state index in [-0.39, 0.29) is 5.78 Å². The number of furan rings is 1. The van der Waals surface area contributed by atoms with Crippen LogP contribution in [-0.4, -0.2) is 30.3 Å². The predicted octanol–water partition coefficient (Wildman–Crippen LogP) is 3.51. The third kappa shape index (κ3) is 2.92. The Bertz CT molecular complexity index is 408. The summed E-state index contributed by atoms with van der Waals surface area (Å²) in [6, 6.07) is 3.54. The number of hydrogen-bond donors (Lipinski definition) is 0. The zero-order chi connectivity index (χ0) is 13.1. The maximum Gasteiger partial charge on any atom is 0.211 e. The van der Waals surface area contributed by atoms with Crippen molar-refractivity contribution in [2.75, 3.05) is 19.6 Å². The highest BCUT2D eigenvalue weighted by atomic mass is 16.3. The highest BCUT2D eigenvalue weighted by molar-refractivity contribution is 5.94. The molecule has 2 aliphatic rings. The van der Waals surface area contributed by atoms with Crippen LogP contribution in [0.1, 0.15) is 55.5 Å². The molecule has 0 radical (unpaired) electrons. The van der Waals surface area contributed by atoms with Crippen molar-refractivity contribution in [1.82, 2.24) is 4.90 Å². The fourth-order valence-electron chi connectivity index (χ4n) is 3.71. The molecule has 1 spiro atoms. The van der Waals surface area contributed by atoms with Gasteiger partial charge in [0.15, 0.2) is 5.76 Å². The normalized spacial score (nSPS) is 23.6. The molecule has 1 aliphatic heterocycles. The molecule has 2 heterocycles. The van der Waals surface area contributed by atoms with Gasteiger partial charge in [0.05, 0.1) is 12.8 Å². The molecule has 0 bridgehead atoms. The van der Waals surface area contributed by atoms with Crippen LogP contribution in [0.5, 0.6) is 0 Å². The van der Waals surface area contributed by atoms with Crippen LogP contribution in [0.15, 0.2) is 22.8 Å². The second-order valence-corrected chi connectivity index (χ2v) is 6.24. The van der Waals surface area contributed by atoms with Crippen LogP contribution in [0.4, 0.5) is 0 Å². The third-order valence-corrected chi connectivity index (χ3v) is 4.99. The molecule has 1 saturated heterocycles. The van der Waals surface area contributed by atoms with Crippen molar-refractivity contribution >= 4 is 5.78 Å². The number of carbonyl (C=O) groups is 1. The summed E-state index contributed by atoms with van der Waals surface area (Å²) in [6.07, 6.45) is 11.2. The maximum atomic E-state index is 12.0. The number of likely N-dealkylation sites (tertiary alicyclic amines) is 1. The summed E-state index contributed by atoms with van der Waals surface area (Å²) in [7, 11) is 0. The van der Waals surface area contributed by atoms with Crippen LogP contribution in [0, 0.1) is 5.41 Å². The van der Waals surface area contributed by atoms with Gasteiger partial charge in [-0.2, -0.15) is 0 Å². The lowest BCUT2D eigenvalue weighted by Crippen LogP contribution is -2.43. The minimum absolute atomic E-state index is 0.115. The second kappa shape index (κ2) is 5.49. The summed E-state index contributed by atoms with van der Waals surface area (Å²) in [5, 5.41) is 0. The van der Waals surface area contributed by atoms with E-state index in [2.05, 4.69) is 4.90 Å². The molecule has 0 unspecified atom stereocenters. The Morgan fingerprint density at radius 3 is 2.53 bits per heavy atom. The Morgan fingerprint density at radius 1 is 1.16 bits per heavy atom. The summed E-state index contributed by atoms with van der Waals surface area (Å²) in [5.41, 5.74) is 0.614. The molecular weight excluding hydrogens is 238 g/mol. The first-order valence-electron chi connectivity index (χ1n) is 7.57. The molecule has 1 aromatic rings. The van der Waals surface area contributed by atoms with Gasteiger partial charge in [-0.05, 0) is 56.3 Å². The summed E-state index contributed by atoms with van der Waals surface area (Å²) < 4.78 is 5.17. The Kier molecular flexibility index (Phi) is 3.74. The van der Waals surface area contributed by atoms with Crippen molar-refractivity contribution in [1.29, 1.82) is 0 Å². The molecule has 0 N–H and O–H groups in total. The van der Waals surface area contributed by atoms with Gasteiger partial charge in [-0.3, -0.25) is 9.69 Å². The van der Waals surface area contributed by atoms with E-state index < -0.39 is 0 Å². The average molecular weight is 261 g/mol. The van der Waals surface area contributed by atoms with Crippen molar-refractivity contribution in [3.63, 3.8) is 0 Å². The molecule has 19 heavy (non-hydrogen) atoms. The molecular formula is C16H23NO2. The summed E-state index contributed by atoms with van der Waals surface area (Å²) >= 11 is 0. The van der Waals surface area contributed by atoms with Gasteiger partial charge in [-0.15, -0.1) is 0 Å². The molecule has 1 aromatic heterocycles. The predicted molar refractivity (Wildman–Crippen MR) is 74.2 cm³/mol. The Labute approximate surface area is 115 Å². The van der Waals surface area contributed by atoms with Crippen molar-refractivity contribution < 1.29 is 9.21 Å². The van der Waals surface area contributed by atoms with E-state index in [9.17, 15) is 4.79 Å². The smallest absolute Gasteiger partial charge is 0.211 e. The van der Waals surface area contributed by atoms with Crippen LogP contribution >= 0.6 is 0 Å². The SMILES string of the molecule is O=C(CN1CCC2(CCCCC2)CC1)c1ccco1. The summed E-state index contributed by atoms with van der Waals surface area (Å²) in [4.78, 5) is 14.3. The van der Waals surface area contributed by atoms with E-state index in [4.69, 9.17) is 4.42 Å². The molecule has 0 amide bonds. The first-order chi connectivity index (χ1) is 9.27. The number of hydrogen-bond acceptors (Lipinski definition) is 3. The zero-order valence-electron chi connectivity index (χ0n) is 11.6. The maximum absolute atomic E-state index is 12.0. The third-order valence-electron chi connectivity index (χ3n) is 4.99. The highest BCUT2D eigenvalue weighted by Crippen LogP contribution is 2.44. The van der Waals surface area contributed by atoms with Gasteiger partial charge in [-0.1, -0.05) is 19.3 Å². The average Bonchev–Trinajstić information content (AvgIpc) is 2.97. The fraction of sp³-hybridized carbons (Fsp3) is 0.688. The van der Waals surface area contributed by atoms with Gasteiger partial charge in [0.1, 0.15) is 0 Å². The molecule has 1 aliphatic carbocycles. The van der Waals surface area contributed by atoms with Crippen LogP contribution in [0.25, 0.3) is 0 Å².